The highest BCUT2D eigenvalue weighted by Gasteiger charge is 2.11. The zero-order valence-corrected chi connectivity index (χ0v) is 10.2. The number of nitrogens with one attached hydrogen (secondary N) is 1. The lowest BCUT2D eigenvalue weighted by Gasteiger charge is -2.28. The Hall–Kier alpha value is -1.09. The summed E-state index contributed by atoms with van der Waals surface area (Å²) in [4.78, 5) is 6.91. The van der Waals surface area contributed by atoms with Gasteiger partial charge in [0.05, 0.1) is 0 Å². The molecule has 1 fully saturated rings. The predicted molar refractivity (Wildman–Crippen MR) is 68.0 cm³/mol. The van der Waals surface area contributed by atoms with Crippen molar-refractivity contribution in [3.8, 4) is 0 Å². The van der Waals surface area contributed by atoms with Gasteiger partial charge in [0.25, 0.3) is 0 Å². The summed E-state index contributed by atoms with van der Waals surface area (Å²) in [5.74, 6) is 1.73. The van der Waals surface area contributed by atoms with Crippen LogP contribution >= 0.6 is 0 Å². The minimum Gasteiger partial charge on any atom is -0.354 e. The average Bonchev–Trinajstić information content (AvgIpc) is 2.39. The molecule has 1 aromatic heterocycles. The molecule has 3 heteroatoms. The second-order valence-corrected chi connectivity index (χ2v) is 4.50. The molecular formula is C13H21N3. The number of pyridine rings is 1. The minimum atomic E-state index is 0.615. The van der Waals surface area contributed by atoms with Crippen molar-refractivity contribution in [1.82, 2.24) is 10.3 Å². The van der Waals surface area contributed by atoms with Crippen LogP contribution in [-0.2, 0) is 0 Å². The van der Waals surface area contributed by atoms with Crippen molar-refractivity contribution in [2.75, 3.05) is 31.1 Å². The molecule has 0 bridgehead atoms. The zero-order chi connectivity index (χ0) is 11.4. The molecular weight excluding hydrogens is 198 g/mol. The van der Waals surface area contributed by atoms with E-state index in [1.807, 2.05) is 6.20 Å². The molecule has 0 aliphatic carbocycles. The SMILES string of the molecule is CCC(C)c1ccc(N2CCNCC2)nc1. The summed E-state index contributed by atoms with van der Waals surface area (Å²) in [6.07, 6.45) is 3.21. The Kier molecular flexibility index (Phi) is 3.78. The van der Waals surface area contributed by atoms with Gasteiger partial charge in [-0.3, -0.25) is 0 Å². The third-order valence-electron chi connectivity index (χ3n) is 3.39. The number of rotatable bonds is 3. The zero-order valence-electron chi connectivity index (χ0n) is 10.2. The summed E-state index contributed by atoms with van der Waals surface area (Å²) in [5, 5.41) is 3.35. The monoisotopic (exact) mass is 219 g/mol. The molecule has 2 heterocycles. The van der Waals surface area contributed by atoms with Crippen molar-refractivity contribution in [3.05, 3.63) is 23.9 Å². The van der Waals surface area contributed by atoms with Gasteiger partial charge in [-0.05, 0) is 24.0 Å². The smallest absolute Gasteiger partial charge is 0.128 e. The highest BCUT2D eigenvalue weighted by molar-refractivity contribution is 5.40. The molecule has 1 saturated heterocycles. The van der Waals surface area contributed by atoms with Crippen LogP contribution in [0, 0.1) is 0 Å². The molecule has 3 nitrogen and oxygen atoms in total. The number of hydrogen-bond acceptors (Lipinski definition) is 3. The standard InChI is InChI=1S/C13H21N3/c1-3-11(2)12-4-5-13(15-10-12)16-8-6-14-7-9-16/h4-5,10-11,14H,3,6-9H2,1-2H3. The van der Waals surface area contributed by atoms with Crippen LogP contribution in [0.2, 0.25) is 0 Å². The molecule has 1 atom stereocenters. The molecule has 0 radical (unpaired) electrons. The first-order valence-corrected chi connectivity index (χ1v) is 6.23. The third kappa shape index (κ3) is 2.53. The first kappa shape index (κ1) is 11.4. The highest BCUT2D eigenvalue weighted by Crippen LogP contribution is 2.20. The van der Waals surface area contributed by atoms with E-state index < -0.39 is 0 Å². The van der Waals surface area contributed by atoms with E-state index >= 15 is 0 Å². The van der Waals surface area contributed by atoms with E-state index in [-0.39, 0.29) is 0 Å². The lowest BCUT2D eigenvalue weighted by atomic mass is 10.0. The number of hydrogen-bond donors (Lipinski definition) is 1. The number of anilines is 1. The molecule has 1 unspecified atom stereocenters. The molecule has 0 aromatic carbocycles. The summed E-state index contributed by atoms with van der Waals surface area (Å²) in [5.41, 5.74) is 1.35. The van der Waals surface area contributed by atoms with Crippen molar-refractivity contribution in [1.29, 1.82) is 0 Å². The van der Waals surface area contributed by atoms with Gasteiger partial charge < -0.3 is 10.2 Å². The second-order valence-electron chi connectivity index (χ2n) is 4.50. The van der Waals surface area contributed by atoms with Gasteiger partial charge in [0, 0.05) is 32.4 Å². The molecule has 16 heavy (non-hydrogen) atoms. The molecule has 2 rings (SSSR count). The summed E-state index contributed by atoms with van der Waals surface area (Å²) < 4.78 is 0. The molecule has 1 aliphatic rings. The maximum atomic E-state index is 4.57. The molecule has 1 aromatic rings. The number of nitrogens with zero attached hydrogens (tertiary/aromatic N) is 2. The van der Waals surface area contributed by atoms with E-state index in [9.17, 15) is 0 Å². The molecule has 0 amide bonds. The first-order valence-electron chi connectivity index (χ1n) is 6.23. The lowest BCUT2D eigenvalue weighted by molar-refractivity contribution is 0.584. The van der Waals surface area contributed by atoms with Gasteiger partial charge in [0.1, 0.15) is 5.82 Å². The van der Waals surface area contributed by atoms with Crippen LogP contribution in [0.25, 0.3) is 0 Å². The average molecular weight is 219 g/mol. The van der Waals surface area contributed by atoms with E-state index in [1.165, 1.54) is 12.0 Å². The Balaban J connectivity index is 2.06. The fourth-order valence-corrected chi connectivity index (χ4v) is 2.01. The first-order chi connectivity index (χ1) is 7.81. The second kappa shape index (κ2) is 5.30. The van der Waals surface area contributed by atoms with Gasteiger partial charge in [-0.15, -0.1) is 0 Å². The predicted octanol–water partition coefficient (Wildman–Crippen LogP) is 2.00. The van der Waals surface area contributed by atoms with Gasteiger partial charge in [-0.25, -0.2) is 4.98 Å². The summed E-state index contributed by atoms with van der Waals surface area (Å²) >= 11 is 0. The van der Waals surface area contributed by atoms with Crippen molar-refractivity contribution in [3.63, 3.8) is 0 Å². The van der Waals surface area contributed by atoms with E-state index in [0.29, 0.717) is 5.92 Å². The maximum absolute atomic E-state index is 4.57. The largest absolute Gasteiger partial charge is 0.354 e. The minimum absolute atomic E-state index is 0.615. The van der Waals surface area contributed by atoms with Crippen molar-refractivity contribution in [2.24, 2.45) is 0 Å². The normalized spacial score (nSPS) is 18.5. The van der Waals surface area contributed by atoms with Gasteiger partial charge in [-0.1, -0.05) is 19.9 Å². The van der Waals surface area contributed by atoms with Gasteiger partial charge in [-0.2, -0.15) is 0 Å². The van der Waals surface area contributed by atoms with Crippen LogP contribution < -0.4 is 10.2 Å². The van der Waals surface area contributed by atoms with Crippen LogP contribution in [0.5, 0.6) is 0 Å². The Morgan fingerprint density at radius 3 is 2.69 bits per heavy atom. The van der Waals surface area contributed by atoms with Crippen molar-refractivity contribution in [2.45, 2.75) is 26.2 Å². The van der Waals surface area contributed by atoms with E-state index in [2.05, 4.69) is 41.2 Å². The van der Waals surface area contributed by atoms with Crippen LogP contribution in [0.3, 0.4) is 0 Å². The Labute approximate surface area is 97.9 Å². The number of piperazine rings is 1. The van der Waals surface area contributed by atoms with Crippen molar-refractivity contribution < 1.29 is 0 Å². The topological polar surface area (TPSA) is 28.2 Å². The molecule has 0 saturated carbocycles. The van der Waals surface area contributed by atoms with Crippen LogP contribution in [-0.4, -0.2) is 31.2 Å². The number of aromatic nitrogens is 1. The maximum Gasteiger partial charge on any atom is 0.128 e. The van der Waals surface area contributed by atoms with Gasteiger partial charge >= 0.3 is 0 Å². The summed E-state index contributed by atoms with van der Waals surface area (Å²) in [6.45, 7) is 8.73. The summed E-state index contributed by atoms with van der Waals surface area (Å²) in [7, 11) is 0. The van der Waals surface area contributed by atoms with E-state index in [0.717, 1.165) is 32.0 Å². The van der Waals surface area contributed by atoms with E-state index in [1.54, 1.807) is 0 Å². The highest BCUT2D eigenvalue weighted by atomic mass is 15.2. The van der Waals surface area contributed by atoms with Gasteiger partial charge in [0.15, 0.2) is 0 Å². The Morgan fingerprint density at radius 2 is 2.12 bits per heavy atom. The molecule has 0 spiro atoms. The molecule has 1 N–H and O–H groups in total. The quantitative estimate of drug-likeness (QED) is 0.843. The molecule has 88 valence electrons. The van der Waals surface area contributed by atoms with Crippen LogP contribution in [0.1, 0.15) is 31.7 Å². The van der Waals surface area contributed by atoms with Crippen molar-refractivity contribution >= 4 is 5.82 Å². The Morgan fingerprint density at radius 1 is 1.38 bits per heavy atom. The Bertz CT molecular complexity index is 314. The van der Waals surface area contributed by atoms with E-state index in [4.69, 9.17) is 0 Å². The van der Waals surface area contributed by atoms with Crippen LogP contribution in [0.15, 0.2) is 18.3 Å². The lowest BCUT2D eigenvalue weighted by Crippen LogP contribution is -2.43. The fourth-order valence-electron chi connectivity index (χ4n) is 2.01. The van der Waals surface area contributed by atoms with Crippen LogP contribution in [0.4, 0.5) is 5.82 Å². The molecule has 1 aliphatic heterocycles. The van der Waals surface area contributed by atoms with Gasteiger partial charge in [0.2, 0.25) is 0 Å². The summed E-state index contributed by atoms with van der Waals surface area (Å²) in [6, 6.07) is 4.38. The third-order valence-corrected chi connectivity index (χ3v) is 3.39. The fraction of sp³-hybridized carbons (Fsp3) is 0.615.